The van der Waals surface area contributed by atoms with E-state index in [1.165, 1.54) is 0 Å². The Morgan fingerprint density at radius 1 is 0.944 bits per heavy atom. The molecule has 1 rings (SSSR count). The number of rotatable bonds is 4. The maximum Gasteiger partial charge on any atom is 0.132 e. The zero-order valence-electron chi connectivity index (χ0n) is 11.9. The van der Waals surface area contributed by atoms with E-state index in [0.29, 0.717) is 22.8 Å². The molecule has 0 saturated carbocycles. The quantitative estimate of drug-likeness (QED) is 0.897. The van der Waals surface area contributed by atoms with E-state index in [9.17, 15) is 5.11 Å². The Morgan fingerprint density at radius 2 is 1.39 bits per heavy atom. The third kappa shape index (κ3) is 2.88. The molecule has 0 aliphatic heterocycles. The highest BCUT2D eigenvalue weighted by atomic mass is 16.5. The molecule has 1 N–H and O–H groups in total. The Bertz CT molecular complexity index is 382. The fraction of sp³-hybridized carbons (Fsp3) is 0.571. The lowest BCUT2D eigenvalue weighted by molar-refractivity contribution is 0.0580. The molecule has 1 unspecified atom stereocenters. The van der Waals surface area contributed by atoms with Crippen LogP contribution in [0.2, 0.25) is 0 Å². The molecule has 1 aromatic rings. The molecule has 0 aliphatic carbocycles. The molecule has 0 radical (unpaired) electrons. The van der Waals surface area contributed by atoms with Crippen LogP contribution in [0.4, 0.5) is 0 Å². The highest BCUT2D eigenvalue weighted by Crippen LogP contribution is 2.44. The molecule has 1 atom stereocenters. The average Bonchev–Trinajstić information content (AvgIpc) is 2.34. The molecule has 18 heavy (non-hydrogen) atoms. The van der Waals surface area contributed by atoms with Gasteiger partial charge in [-0.25, -0.2) is 0 Å². The zero-order valence-corrected chi connectivity index (χ0v) is 11.9. The van der Waals surface area contributed by atoms with Crippen LogP contribution in [0.5, 0.6) is 17.2 Å². The molecule has 0 fully saturated rings. The number of methoxy groups -OCH3 is 3. The van der Waals surface area contributed by atoms with Gasteiger partial charge in [-0.1, -0.05) is 20.8 Å². The van der Waals surface area contributed by atoms with Crippen LogP contribution in [0.15, 0.2) is 12.1 Å². The van der Waals surface area contributed by atoms with E-state index in [4.69, 9.17) is 14.2 Å². The summed E-state index contributed by atoms with van der Waals surface area (Å²) in [6.45, 7) is 5.88. The Labute approximate surface area is 108 Å². The molecule has 0 aromatic heterocycles. The summed E-state index contributed by atoms with van der Waals surface area (Å²) in [6.07, 6.45) is -0.687. The van der Waals surface area contributed by atoms with Crippen molar-refractivity contribution in [2.75, 3.05) is 21.3 Å². The minimum Gasteiger partial charge on any atom is -0.496 e. The van der Waals surface area contributed by atoms with Crippen LogP contribution in [0, 0.1) is 5.41 Å². The molecule has 0 saturated heterocycles. The van der Waals surface area contributed by atoms with Crippen molar-refractivity contribution in [3.8, 4) is 17.2 Å². The molecular weight excluding hydrogens is 232 g/mol. The van der Waals surface area contributed by atoms with E-state index in [0.717, 1.165) is 0 Å². The topological polar surface area (TPSA) is 47.9 Å². The van der Waals surface area contributed by atoms with Crippen molar-refractivity contribution in [1.29, 1.82) is 0 Å². The van der Waals surface area contributed by atoms with Gasteiger partial charge in [0, 0.05) is 12.1 Å². The molecule has 102 valence electrons. The lowest BCUT2D eigenvalue weighted by Gasteiger charge is -2.29. The van der Waals surface area contributed by atoms with E-state index < -0.39 is 6.10 Å². The third-order valence-electron chi connectivity index (χ3n) is 2.85. The number of hydrogen-bond acceptors (Lipinski definition) is 4. The zero-order chi connectivity index (χ0) is 13.9. The smallest absolute Gasteiger partial charge is 0.132 e. The van der Waals surface area contributed by atoms with Crippen molar-refractivity contribution in [3.05, 3.63) is 17.7 Å². The van der Waals surface area contributed by atoms with Crippen LogP contribution in [0.25, 0.3) is 0 Å². The van der Waals surface area contributed by atoms with Gasteiger partial charge in [0.25, 0.3) is 0 Å². The number of hydrogen-bond donors (Lipinski definition) is 1. The van der Waals surface area contributed by atoms with Crippen LogP contribution in [0.3, 0.4) is 0 Å². The van der Waals surface area contributed by atoms with Gasteiger partial charge in [0.05, 0.1) is 33.0 Å². The maximum absolute atomic E-state index is 10.4. The van der Waals surface area contributed by atoms with Crippen molar-refractivity contribution in [3.63, 3.8) is 0 Å². The van der Waals surface area contributed by atoms with Crippen LogP contribution in [0.1, 0.15) is 32.4 Å². The Morgan fingerprint density at radius 3 is 1.67 bits per heavy atom. The Hall–Kier alpha value is -1.42. The van der Waals surface area contributed by atoms with Gasteiger partial charge in [-0.3, -0.25) is 0 Å². The van der Waals surface area contributed by atoms with Gasteiger partial charge >= 0.3 is 0 Å². The van der Waals surface area contributed by atoms with Crippen molar-refractivity contribution < 1.29 is 19.3 Å². The van der Waals surface area contributed by atoms with Crippen LogP contribution in [-0.2, 0) is 0 Å². The highest BCUT2D eigenvalue weighted by molar-refractivity contribution is 5.52. The first-order valence-corrected chi connectivity index (χ1v) is 5.83. The van der Waals surface area contributed by atoms with E-state index in [2.05, 4.69) is 0 Å². The second-order valence-electron chi connectivity index (χ2n) is 5.21. The Kier molecular flexibility index (Phi) is 4.46. The maximum atomic E-state index is 10.4. The second kappa shape index (κ2) is 5.48. The summed E-state index contributed by atoms with van der Waals surface area (Å²) < 4.78 is 15.8. The minimum absolute atomic E-state index is 0.310. The predicted octanol–water partition coefficient (Wildman–Crippen LogP) is 2.79. The number of ether oxygens (including phenoxy) is 3. The van der Waals surface area contributed by atoms with Crippen LogP contribution < -0.4 is 14.2 Å². The molecule has 4 heteroatoms. The fourth-order valence-corrected chi connectivity index (χ4v) is 1.74. The summed E-state index contributed by atoms with van der Waals surface area (Å²) in [5.41, 5.74) is 0.336. The van der Waals surface area contributed by atoms with Gasteiger partial charge in [-0.05, 0) is 5.41 Å². The highest BCUT2D eigenvalue weighted by Gasteiger charge is 2.30. The SMILES string of the molecule is COc1cc(OC)c(C(O)C(C)(C)C)c(OC)c1. The molecule has 0 bridgehead atoms. The summed E-state index contributed by atoms with van der Waals surface area (Å²) in [4.78, 5) is 0. The molecular formula is C14H22O4. The van der Waals surface area contributed by atoms with E-state index in [1.807, 2.05) is 20.8 Å². The minimum atomic E-state index is -0.687. The lowest BCUT2D eigenvalue weighted by atomic mass is 9.84. The van der Waals surface area contributed by atoms with Crippen molar-refractivity contribution in [2.45, 2.75) is 26.9 Å². The van der Waals surface area contributed by atoms with Gasteiger partial charge in [-0.2, -0.15) is 0 Å². The van der Waals surface area contributed by atoms with Gasteiger partial charge in [0.15, 0.2) is 0 Å². The molecule has 0 aliphatic rings. The van der Waals surface area contributed by atoms with Crippen molar-refractivity contribution in [1.82, 2.24) is 0 Å². The van der Waals surface area contributed by atoms with E-state index >= 15 is 0 Å². The van der Waals surface area contributed by atoms with Gasteiger partial charge < -0.3 is 19.3 Å². The largest absolute Gasteiger partial charge is 0.496 e. The standard InChI is InChI=1S/C14H22O4/c1-14(2,3)13(15)12-10(17-5)7-9(16-4)8-11(12)18-6/h7-8,13,15H,1-6H3. The second-order valence-corrected chi connectivity index (χ2v) is 5.21. The van der Waals surface area contributed by atoms with Gasteiger partial charge in [-0.15, -0.1) is 0 Å². The van der Waals surface area contributed by atoms with Gasteiger partial charge in [0.2, 0.25) is 0 Å². The Balaban J connectivity index is 3.40. The summed E-state index contributed by atoms with van der Waals surface area (Å²) in [7, 11) is 4.70. The molecule has 0 amide bonds. The molecule has 4 nitrogen and oxygen atoms in total. The number of aliphatic hydroxyl groups excluding tert-OH is 1. The molecule has 0 heterocycles. The summed E-state index contributed by atoms with van der Waals surface area (Å²) in [5.74, 6) is 1.76. The van der Waals surface area contributed by atoms with Gasteiger partial charge in [0.1, 0.15) is 17.2 Å². The predicted molar refractivity (Wildman–Crippen MR) is 70.5 cm³/mol. The third-order valence-corrected chi connectivity index (χ3v) is 2.85. The summed E-state index contributed by atoms with van der Waals surface area (Å²) >= 11 is 0. The first-order chi connectivity index (χ1) is 8.35. The summed E-state index contributed by atoms with van der Waals surface area (Å²) in [5, 5.41) is 10.4. The van der Waals surface area contributed by atoms with Crippen molar-refractivity contribution >= 4 is 0 Å². The molecule has 0 spiro atoms. The monoisotopic (exact) mass is 254 g/mol. The van der Waals surface area contributed by atoms with Crippen molar-refractivity contribution in [2.24, 2.45) is 5.41 Å². The number of benzene rings is 1. The fourth-order valence-electron chi connectivity index (χ4n) is 1.74. The molecule has 1 aromatic carbocycles. The average molecular weight is 254 g/mol. The lowest BCUT2D eigenvalue weighted by Crippen LogP contribution is -2.19. The first-order valence-electron chi connectivity index (χ1n) is 5.83. The first kappa shape index (κ1) is 14.6. The van der Waals surface area contributed by atoms with Crippen LogP contribution >= 0.6 is 0 Å². The van der Waals surface area contributed by atoms with Crippen LogP contribution in [-0.4, -0.2) is 26.4 Å². The van der Waals surface area contributed by atoms with E-state index in [1.54, 1.807) is 33.5 Å². The number of aliphatic hydroxyl groups is 1. The van der Waals surface area contributed by atoms with E-state index in [-0.39, 0.29) is 5.41 Å². The summed E-state index contributed by atoms with van der Waals surface area (Å²) in [6, 6.07) is 3.49. The normalized spacial score (nSPS) is 13.1.